The number of ether oxygens (including phenoxy) is 3. The molecule has 2 aromatic rings. The molecule has 0 aliphatic heterocycles. The Morgan fingerprint density at radius 2 is 1.68 bits per heavy atom. The second-order valence-electron chi connectivity index (χ2n) is 5.85. The second kappa shape index (κ2) is 9.20. The Morgan fingerprint density at radius 3 is 2.25 bits per heavy atom. The van der Waals surface area contributed by atoms with Crippen LogP contribution in [-0.4, -0.2) is 39.0 Å². The first kappa shape index (κ1) is 21.2. The molecule has 0 heterocycles. The maximum Gasteiger partial charge on any atom is 0.422 e. The molecule has 0 aromatic heterocycles. The molecule has 0 saturated carbocycles. The van der Waals surface area contributed by atoms with Gasteiger partial charge in [0.2, 0.25) is 5.91 Å². The highest BCUT2D eigenvalue weighted by molar-refractivity contribution is 5.97. The van der Waals surface area contributed by atoms with Crippen LogP contribution in [0, 0.1) is 0 Å². The van der Waals surface area contributed by atoms with Crippen molar-refractivity contribution in [2.75, 3.05) is 31.5 Å². The van der Waals surface area contributed by atoms with Gasteiger partial charge in [-0.05, 0) is 43.3 Å². The zero-order chi connectivity index (χ0) is 20.7. The van der Waals surface area contributed by atoms with E-state index in [-0.39, 0.29) is 11.7 Å². The number of methoxy groups -OCH3 is 2. The molecule has 0 fully saturated rings. The van der Waals surface area contributed by atoms with Gasteiger partial charge in [-0.1, -0.05) is 0 Å². The molecule has 9 heteroatoms. The highest BCUT2D eigenvalue weighted by Crippen LogP contribution is 2.29. The predicted molar refractivity (Wildman–Crippen MR) is 99.3 cm³/mol. The minimum atomic E-state index is -4.40. The lowest BCUT2D eigenvalue weighted by atomic mass is 10.2. The van der Waals surface area contributed by atoms with Crippen molar-refractivity contribution in [2.24, 2.45) is 0 Å². The molecule has 2 rings (SSSR count). The van der Waals surface area contributed by atoms with Crippen LogP contribution in [-0.2, 0) is 4.79 Å². The Bertz CT molecular complexity index is 795. The van der Waals surface area contributed by atoms with E-state index in [9.17, 15) is 18.0 Å². The Hall–Kier alpha value is -3.10. The fraction of sp³-hybridized carbons (Fsp3) is 0.316. The van der Waals surface area contributed by atoms with Crippen LogP contribution in [0.1, 0.15) is 6.92 Å². The molecule has 1 atom stereocenters. The van der Waals surface area contributed by atoms with E-state index in [0.29, 0.717) is 22.9 Å². The van der Waals surface area contributed by atoms with E-state index in [1.807, 2.05) is 0 Å². The number of carbonyl (C=O) groups is 1. The highest BCUT2D eigenvalue weighted by Gasteiger charge is 2.28. The van der Waals surface area contributed by atoms with Gasteiger partial charge < -0.3 is 24.8 Å². The van der Waals surface area contributed by atoms with E-state index >= 15 is 0 Å². The summed E-state index contributed by atoms with van der Waals surface area (Å²) >= 11 is 0. The van der Waals surface area contributed by atoms with E-state index in [1.54, 1.807) is 25.1 Å². The number of rotatable bonds is 8. The molecule has 0 spiro atoms. The Morgan fingerprint density at radius 1 is 1.04 bits per heavy atom. The molecule has 152 valence electrons. The van der Waals surface area contributed by atoms with Crippen molar-refractivity contribution in [1.29, 1.82) is 0 Å². The number of hydrogen-bond donors (Lipinski definition) is 2. The SMILES string of the molecule is COc1ccc(OC)c(NC(=O)C(C)Nc2ccc(OCC(F)(F)F)cc2)c1. The molecular weight excluding hydrogens is 377 g/mol. The number of hydrogen-bond acceptors (Lipinski definition) is 5. The third-order valence-electron chi connectivity index (χ3n) is 3.70. The zero-order valence-electron chi connectivity index (χ0n) is 15.6. The molecule has 2 N–H and O–H groups in total. The molecule has 0 bridgehead atoms. The van der Waals surface area contributed by atoms with Crippen LogP contribution < -0.4 is 24.8 Å². The highest BCUT2D eigenvalue weighted by atomic mass is 19.4. The maximum atomic E-state index is 12.4. The van der Waals surface area contributed by atoms with Crippen LogP contribution in [0.2, 0.25) is 0 Å². The smallest absolute Gasteiger partial charge is 0.422 e. The van der Waals surface area contributed by atoms with E-state index in [1.165, 1.54) is 38.5 Å². The van der Waals surface area contributed by atoms with Gasteiger partial charge in [0.05, 0.1) is 19.9 Å². The van der Waals surface area contributed by atoms with Gasteiger partial charge in [-0.15, -0.1) is 0 Å². The average Bonchev–Trinajstić information content (AvgIpc) is 2.66. The molecule has 0 radical (unpaired) electrons. The average molecular weight is 398 g/mol. The van der Waals surface area contributed by atoms with E-state index in [4.69, 9.17) is 9.47 Å². The van der Waals surface area contributed by atoms with Gasteiger partial charge in [0.1, 0.15) is 23.3 Å². The Labute approximate surface area is 160 Å². The van der Waals surface area contributed by atoms with Gasteiger partial charge in [0.15, 0.2) is 6.61 Å². The van der Waals surface area contributed by atoms with Crippen molar-refractivity contribution in [1.82, 2.24) is 0 Å². The standard InChI is InChI=1S/C19H21F3N2O4/c1-12(18(25)24-16-10-15(26-2)8-9-17(16)27-3)23-13-4-6-14(7-5-13)28-11-19(20,21)22/h4-10,12,23H,11H2,1-3H3,(H,24,25). The fourth-order valence-electron chi connectivity index (χ4n) is 2.28. The minimum Gasteiger partial charge on any atom is -0.497 e. The van der Waals surface area contributed by atoms with E-state index in [2.05, 4.69) is 15.4 Å². The number of benzene rings is 2. The summed E-state index contributed by atoms with van der Waals surface area (Å²) in [5.41, 5.74) is 1.01. The van der Waals surface area contributed by atoms with Crippen molar-refractivity contribution in [3.63, 3.8) is 0 Å². The number of anilines is 2. The fourth-order valence-corrected chi connectivity index (χ4v) is 2.28. The lowest BCUT2D eigenvalue weighted by Crippen LogP contribution is -2.32. The molecule has 1 amide bonds. The predicted octanol–water partition coefficient (Wildman–Crippen LogP) is 4.08. The van der Waals surface area contributed by atoms with Crippen LogP contribution in [0.25, 0.3) is 0 Å². The first-order valence-corrected chi connectivity index (χ1v) is 8.31. The first-order chi connectivity index (χ1) is 13.2. The van der Waals surface area contributed by atoms with Crippen LogP contribution in [0.4, 0.5) is 24.5 Å². The van der Waals surface area contributed by atoms with Crippen molar-refractivity contribution < 1.29 is 32.2 Å². The summed E-state index contributed by atoms with van der Waals surface area (Å²) in [7, 11) is 3.00. The molecule has 0 aliphatic rings. The van der Waals surface area contributed by atoms with Crippen LogP contribution in [0.5, 0.6) is 17.2 Å². The molecule has 2 aromatic carbocycles. The van der Waals surface area contributed by atoms with Gasteiger partial charge in [-0.3, -0.25) is 4.79 Å². The van der Waals surface area contributed by atoms with Crippen molar-refractivity contribution >= 4 is 17.3 Å². The molecule has 0 aliphatic carbocycles. The van der Waals surface area contributed by atoms with Crippen molar-refractivity contribution in [3.05, 3.63) is 42.5 Å². The molecular formula is C19H21F3N2O4. The third kappa shape index (κ3) is 6.26. The number of carbonyl (C=O) groups excluding carboxylic acids is 1. The third-order valence-corrected chi connectivity index (χ3v) is 3.70. The summed E-state index contributed by atoms with van der Waals surface area (Å²) in [6, 6.07) is 10.2. The monoisotopic (exact) mass is 398 g/mol. The first-order valence-electron chi connectivity index (χ1n) is 8.31. The zero-order valence-corrected chi connectivity index (χ0v) is 15.6. The number of nitrogens with one attached hydrogen (secondary N) is 2. The number of halogens is 3. The summed E-state index contributed by atoms with van der Waals surface area (Å²) in [5, 5.41) is 5.71. The van der Waals surface area contributed by atoms with Crippen molar-refractivity contribution in [2.45, 2.75) is 19.1 Å². The maximum absolute atomic E-state index is 12.4. The summed E-state index contributed by atoms with van der Waals surface area (Å²) in [6.07, 6.45) is -4.40. The molecule has 1 unspecified atom stereocenters. The van der Waals surface area contributed by atoms with E-state index in [0.717, 1.165) is 0 Å². The van der Waals surface area contributed by atoms with Crippen LogP contribution >= 0.6 is 0 Å². The van der Waals surface area contributed by atoms with E-state index < -0.39 is 18.8 Å². The molecule has 0 saturated heterocycles. The molecule has 28 heavy (non-hydrogen) atoms. The normalized spacial score (nSPS) is 12.1. The topological polar surface area (TPSA) is 68.8 Å². The van der Waals surface area contributed by atoms with Gasteiger partial charge in [0, 0.05) is 11.8 Å². The largest absolute Gasteiger partial charge is 0.497 e. The van der Waals surface area contributed by atoms with Crippen LogP contribution in [0.15, 0.2) is 42.5 Å². The minimum absolute atomic E-state index is 0.0843. The quantitative estimate of drug-likeness (QED) is 0.701. The number of amides is 1. The Kier molecular flexibility index (Phi) is 6.97. The summed E-state index contributed by atoms with van der Waals surface area (Å²) in [6.45, 7) is 0.289. The number of alkyl halides is 3. The van der Waals surface area contributed by atoms with Gasteiger partial charge >= 0.3 is 6.18 Å². The summed E-state index contributed by atoms with van der Waals surface area (Å²) in [5.74, 6) is 0.795. The summed E-state index contributed by atoms with van der Waals surface area (Å²) < 4.78 is 51.5. The second-order valence-corrected chi connectivity index (χ2v) is 5.85. The lowest BCUT2D eigenvalue weighted by molar-refractivity contribution is -0.153. The lowest BCUT2D eigenvalue weighted by Gasteiger charge is -2.17. The Balaban J connectivity index is 1.97. The summed E-state index contributed by atoms with van der Waals surface area (Å²) in [4.78, 5) is 12.4. The van der Waals surface area contributed by atoms with Gasteiger partial charge in [-0.2, -0.15) is 13.2 Å². The van der Waals surface area contributed by atoms with Crippen molar-refractivity contribution in [3.8, 4) is 17.2 Å². The van der Waals surface area contributed by atoms with Gasteiger partial charge in [0.25, 0.3) is 0 Å². The van der Waals surface area contributed by atoms with Crippen LogP contribution in [0.3, 0.4) is 0 Å². The molecule has 6 nitrogen and oxygen atoms in total. The van der Waals surface area contributed by atoms with Gasteiger partial charge in [-0.25, -0.2) is 0 Å².